The summed E-state index contributed by atoms with van der Waals surface area (Å²) in [5, 5.41) is 3.87. The number of carbonyl (C=O) groups excluding carboxylic acids is 1. The fourth-order valence-corrected chi connectivity index (χ4v) is 4.05. The molecule has 0 spiro atoms. The molecule has 0 heterocycles. The van der Waals surface area contributed by atoms with Gasteiger partial charge in [-0.25, -0.2) is 5.43 Å². The molecule has 0 saturated carbocycles. The van der Waals surface area contributed by atoms with E-state index < -0.39 is 32.7 Å². The van der Waals surface area contributed by atoms with Crippen molar-refractivity contribution in [1.29, 1.82) is 0 Å². The van der Waals surface area contributed by atoms with Gasteiger partial charge in [0.15, 0.2) is 5.75 Å². The van der Waals surface area contributed by atoms with Gasteiger partial charge in [-0.2, -0.15) is 26.7 Å². The van der Waals surface area contributed by atoms with Crippen molar-refractivity contribution in [1.82, 2.24) is 5.43 Å². The molecule has 0 aliphatic carbocycles. The molecule has 3 aromatic rings. The zero-order valence-corrected chi connectivity index (χ0v) is 19.5. The molecule has 1 amide bonds. The first kappa shape index (κ1) is 25.8. The quantitative estimate of drug-likeness (QED) is 0.276. The summed E-state index contributed by atoms with van der Waals surface area (Å²) >= 11 is 0. The van der Waals surface area contributed by atoms with Crippen LogP contribution in [-0.2, 0) is 27.5 Å². The maximum absolute atomic E-state index is 12.8. The van der Waals surface area contributed by atoms with E-state index in [4.69, 9.17) is 8.92 Å². The van der Waals surface area contributed by atoms with Crippen molar-refractivity contribution in [3.05, 3.63) is 89.0 Å². The molecule has 1 N–H and O–H groups in total. The van der Waals surface area contributed by atoms with E-state index in [9.17, 15) is 26.4 Å². The number of carbonyl (C=O) groups is 1. The highest BCUT2D eigenvalue weighted by atomic mass is 32.2. The van der Waals surface area contributed by atoms with Crippen LogP contribution in [0.15, 0.2) is 76.7 Å². The number of ether oxygens (including phenoxy) is 1. The highest BCUT2D eigenvalue weighted by Gasteiger charge is 2.31. The van der Waals surface area contributed by atoms with E-state index in [-0.39, 0.29) is 17.7 Å². The minimum atomic E-state index is -4.60. The van der Waals surface area contributed by atoms with Gasteiger partial charge in [-0.15, -0.1) is 0 Å². The van der Waals surface area contributed by atoms with Crippen LogP contribution in [0.25, 0.3) is 0 Å². The second-order valence-electron chi connectivity index (χ2n) is 7.37. The SMILES string of the molecule is COc1cccc(CC(=O)N/N=C/c2cccc(C)c2OS(=O)(=O)c2ccc(C(F)(F)F)cc2)c1. The Bertz CT molecular complexity index is 1340. The number of halogens is 3. The highest BCUT2D eigenvalue weighted by Crippen LogP contribution is 2.31. The molecule has 35 heavy (non-hydrogen) atoms. The molecule has 0 atom stereocenters. The lowest BCUT2D eigenvalue weighted by Crippen LogP contribution is -2.20. The smallest absolute Gasteiger partial charge is 0.416 e. The van der Waals surface area contributed by atoms with Crippen molar-refractivity contribution in [2.75, 3.05) is 7.11 Å². The van der Waals surface area contributed by atoms with Crippen molar-refractivity contribution in [2.45, 2.75) is 24.4 Å². The molecular weight excluding hydrogens is 485 g/mol. The van der Waals surface area contributed by atoms with Gasteiger partial charge in [-0.05, 0) is 60.5 Å². The molecule has 0 bridgehead atoms. The van der Waals surface area contributed by atoms with Crippen molar-refractivity contribution >= 4 is 22.2 Å². The first-order valence-electron chi connectivity index (χ1n) is 10.2. The fourth-order valence-electron chi connectivity index (χ4n) is 3.04. The number of nitrogens with zero attached hydrogens (tertiary/aromatic N) is 1. The molecule has 0 aliphatic rings. The predicted octanol–water partition coefficient (Wildman–Crippen LogP) is 4.48. The van der Waals surface area contributed by atoms with Crippen LogP contribution in [-0.4, -0.2) is 27.6 Å². The summed E-state index contributed by atoms with van der Waals surface area (Å²) in [6, 6.07) is 14.7. The molecule has 3 aromatic carbocycles. The van der Waals surface area contributed by atoms with Gasteiger partial charge in [-0.3, -0.25) is 4.79 Å². The number of methoxy groups -OCH3 is 1. The van der Waals surface area contributed by atoms with Crippen LogP contribution in [0.5, 0.6) is 11.5 Å². The van der Waals surface area contributed by atoms with E-state index in [1.807, 2.05) is 0 Å². The normalized spacial score (nSPS) is 11.9. The second-order valence-corrected chi connectivity index (χ2v) is 8.92. The summed E-state index contributed by atoms with van der Waals surface area (Å²) in [6.45, 7) is 1.59. The van der Waals surface area contributed by atoms with Gasteiger partial charge < -0.3 is 8.92 Å². The molecule has 0 unspecified atom stereocenters. The summed E-state index contributed by atoms with van der Waals surface area (Å²) in [7, 11) is -2.92. The maximum Gasteiger partial charge on any atom is 0.416 e. The van der Waals surface area contributed by atoms with Crippen LogP contribution in [0.3, 0.4) is 0 Å². The van der Waals surface area contributed by atoms with Crippen LogP contribution in [0.2, 0.25) is 0 Å². The van der Waals surface area contributed by atoms with Crippen molar-refractivity contribution in [2.24, 2.45) is 5.10 Å². The molecule has 0 saturated heterocycles. The van der Waals surface area contributed by atoms with Gasteiger partial charge >= 0.3 is 16.3 Å². The lowest BCUT2D eigenvalue weighted by molar-refractivity contribution is -0.137. The minimum Gasteiger partial charge on any atom is -0.497 e. The van der Waals surface area contributed by atoms with Crippen LogP contribution >= 0.6 is 0 Å². The number of alkyl halides is 3. The molecule has 7 nitrogen and oxygen atoms in total. The standard InChI is InChI=1S/C24H21F3N2O5S/c1-16-5-3-7-18(15-28-29-22(30)14-17-6-4-8-20(13-17)33-2)23(16)34-35(31,32)21-11-9-19(10-12-21)24(25,26)27/h3-13,15H,14H2,1-2H3,(H,29,30)/b28-15+. The number of hydrazone groups is 1. The van der Waals surface area contributed by atoms with Crippen LogP contribution in [0, 0.1) is 6.92 Å². The zero-order valence-electron chi connectivity index (χ0n) is 18.7. The lowest BCUT2D eigenvalue weighted by atomic mass is 10.1. The Balaban J connectivity index is 1.74. The second kappa shape index (κ2) is 10.6. The van der Waals surface area contributed by atoms with E-state index >= 15 is 0 Å². The largest absolute Gasteiger partial charge is 0.497 e. The number of benzene rings is 3. The highest BCUT2D eigenvalue weighted by molar-refractivity contribution is 7.87. The first-order chi connectivity index (χ1) is 16.5. The van der Waals surface area contributed by atoms with E-state index in [1.54, 1.807) is 43.3 Å². The average molecular weight is 507 g/mol. The molecule has 0 radical (unpaired) electrons. The molecule has 0 fully saturated rings. The van der Waals surface area contributed by atoms with E-state index in [1.165, 1.54) is 19.4 Å². The Morgan fingerprint density at radius 3 is 2.40 bits per heavy atom. The molecule has 3 rings (SSSR count). The van der Waals surface area contributed by atoms with Crippen LogP contribution in [0.1, 0.15) is 22.3 Å². The van der Waals surface area contributed by atoms with Gasteiger partial charge in [-0.1, -0.05) is 24.3 Å². The number of hydrogen-bond acceptors (Lipinski definition) is 6. The summed E-state index contributed by atoms with van der Waals surface area (Å²) in [6.07, 6.45) is -3.35. The van der Waals surface area contributed by atoms with Crippen molar-refractivity contribution in [3.8, 4) is 11.5 Å². The van der Waals surface area contributed by atoms with Gasteiger partial charge in [0.25, 0.3) is 0 Å². The Morgan fingerprint density at radius 1 is 1.06 bits per heavy atom. The third kappa shape index (κ3) is 6.82. The molecule has 0 aliphatic heterocycles. The Morgan fingerprint density at radius 2 is 1.74 bits per heavy atom. The van der Waals surface area contributed by atoms with E-state index in [2.05, 4.69) is 10.5 Å². The van der Waals surface area contributed by atoms with Crippen LogP contribution < -0.4 is 14.3 Å². The molecule has 0 aromatic heterocycles. The van der Waals surface area contributed by atoms with Gasteiger partial charge in [0.2, 0.25) is 5.91 Å². The number of rotatable bonds is 8. The van der Waals surface area contributed by atoms with E-state index in [0.717, 1.165) is 12.1 Å². The number of hydrogen-bond donors (Lipinski definition) is 1. The number of aryl methyl sites for hydroxylation is 1. The summed E-state index contributed by atoms with van der Waals surface area (Å²) in [5.74, 6) is 0.120. The first-order valence-corrected chi connectivity index (χ1v) is 11.6. The molecule has 11 heteroatoms. The average Bonchev–Trinajstić information content (AvgIpc) is 2.81. The minimum absolute atomic E-state index is 0.0357. The maximum atomic E-state index is 12.8. The number of amides is 1. The summed E-state index contributed by atoms with van der Waals surface area (Å²) in [5.41, 5.74) is 2.76. The number of para-hydroxylation sites is 1. The third-order valence-corrected chi connectivity index (χ3v) is 6.03. The number of nitrogens with one attached hydrogen (secondary N) is 1. The topological polar surface area (TPSA) is 94.1 Å². The predicted molar refractivity (Wildman–Crippen MR) is 123 cm³/mol. The summed E-state index contributed by atoms with van der Waals surface area (Å²) < 4.78 is 74.0. The zero-order chi connectivity index (χ0) is 25.6. The fraction of sp³-hybridized carbons (Fsp3) is 0.167. The molecular formula is C24H21F3N2O5S. The summed E-state index contributed by atoms with van der Waals surface area (Å²) in [4.78, 5) is 11.8. The van der Waals surface area contributed by atoms with Gasteiger partial charge in [0.1, 0.15) is 10.6 Å². The lowest BCUT2D eigenvalue weighted by Gasteiger charge is -2.13. The van der Waals surface area contributed by atoms with E-state index in [0.29, 0.717) is 29.0 Å². The van der Waals surface area contributed by atoms with Crippen molar-refractivity contribution in [3.63, 3.8) is 0 Å². The molecule has 184 valence electrons. The van der Waals surface area contributed by atoms with Gasteiger partial charge in [0, 0.05) is 5.56 Å². The van der Waals surface area contributed by atoms with Crippen LogP contribution in [0.4, 0.5) is 13.2 Å². The Labute approximate surface area is 200 Å². The Kier molecular flexibility index (Phi) is 7.80. The van der Waals surface area contributed by atoms with Crippen molar-refractivity contribution < 1.29 is 35.3 Å². The monoisotopic (exact) mass is 506 g/mol. The Hall–Kier alpha value is -3.86. The van der Waals surface area contributed by atoms with Gasteiger partial charge in [0.05, 0.1) is 25.3 Å². The third-order valence-electron chi connectivity index (χ3n) is 4.80.